The van der Waals surface area contributed by atoms with Gasteiger partial charge in [0.2, 0.25) is 0 Å². The van der Waals surface area contributed by atoms with E-state index in [1.807, 2.05) is 0 Å². The molecule has 0 saturated heterocycles. The minimum Gasteiger partial charge on any atom is -0.487 e. The molecule has 1 heterocycles. The lowest BCUT2D eigenvalue weighted by Gasteiger charge is -2.13. The molecule has 0 aliphatic heterocycles. The van der Waals surface area contributed by atoms with Crippen molar-refractivity contribution in [1.82, 2.24) is 9.97 Å². The summed E-state index contributed by atoms with van der Waals surface area (Å²) >= 11 is 0. The van der Waals surface area contributed by atoms with Crippen molar-refractivity contribution in [3.8, 4) is 11.5 Å². The zero-order valence-electron chi connectivity index (χ0n) is 12.4. The molecule has 0 saturated carbocycles. The molecule has 0 amide bonds. The molecule has 0 fully saturated rings. The first-order valence-electron chi connectivity index (χ1n) is 6.69. The maximum Gasteiger partial charge on any atom is 0.326 e. The molecule has 2 aromatic rings. The molecule has 2 N–H and O–H groups in total. The van der Waals surface area contributed by atoms with Gasteiger partial charge in [-0.05, 0) is 6.07 Å². The van der Waals surface area contributed by atoms with Crippen LogP contribution in [0.5, 0.6) is 11.5 Å². The third kappa shape index (κ3) is 3.86. The third-order valence-electron chi connectivity index (χ3n) is 2.89. The zero-order valence-corrected chi connectivity index (χ0v) is 12.4. The van der Waals surface area contributed by atoms with E-state index in [4.69, 9.17) is 18.9 Å². The summed E-state index contributed by atoms with van der Waals surface area (Å²) in [6, 6.07) is 3.09. The number of ether oxygens (including phenoxy) is 4. The highest BCUT2D eigenvalue weighted by Crippen LogP contribution is 2.30. The fourth-order valence-corrected chi connectivity index (χ4v) is 1.87. The van der Waals surface area contributed by atoms with Gasteiger partial charge in [-0.25, -0.2) is 4.79 Å². The highest BCUT2D eigenvalue weighted by molar-refractivity contribution is 5.81. The Morgan fingerprint density at radius 1 is 0.864 bits per heavy atom. The van der Waals surface area contributed by atoms with Crippen LogP contribution in [-0.2, 0) is 9.47 Å². The van der Waals surface area contributed by atoms with E-state index < -0.39 is 11.2 Å². The molecule has 1 aromatic heterocycles. The average molecular weight is 310 g/mol. The molecule has 0 aliphatic rings. The summed E-state index contributed by atoms with van der Waals surface area (Å²) in [6.45, 7) is 1.43. The van der Waals surface area contributed by atoms with Gasteiger partial charge in [0.05, 0.1) is 24.1 Å². The summed E-state index contributed by atoms with van der Waals surface area (Å²) in [5.74, 6) is 0.820. The number of hydrogen-bond acceptors (Lipinski definition) is 6. The molecule has 22 heavy (non-hydrogen) atoms. The normalized spacial score (nSPS) is 10.8. The standard InChI is InChI=1S/C14H18N2O6/c1-19-3-5-21-11-7-9-10(15-14(18)16-13(9)17)8-12(11)22-6-4-20-2/h7-8H,3-6H2,1-2H3,(H2,15,16,17,18). The maximum atomic E-state index is 11.8. The van der Waals surface area contributed by atoms with Crippen molar-refractivity contribution in [3.63, 3.8) is 0 Å². The molecule has 8 heteroatoms. The molecule has 8 nitrogen and oxygen atoms in total. The quantitative estimate of drug-likeness (QED) is 0.678. The van der Waals surface area contributed by atoms with Crippen molar-refractivity contribution < 1.29 is 18.9 Å². The smallest absolute Gasteiger partial charge is 0.326 e. The van der Waals surface area contributed by atoms with E-state index in [2.05, 4.69) is 9.97 Å². The van der Waals surface area contributed by atoms with Crippen LogP contribution >= 0.6 is 0 Å². The number of nitrogens with one attached hydrogen (secondary N) is 2. The van der Waals surface area contributed by atoms with Crippen LogP contribution in [-0.4, -0.2) is 50.6 Å². The number of fused-ring (bicyclic) bond motifs is 1. The minimum absolute atomic E-state index is 0.309. The van der Waals surface area contributed by atoms with Gasteiger partial charge in [-0.2, -0.15) is 0 Å². The van der Waals surface area contributed by atoms with Gasteiger partial charge in [-0.3, -0.25) is 9.78 Å². The van der Waals surface area contributed by atoms with Gasteiger partial charge >= 0.3 is 5.69 Å². The Balaban J connectivity index is 2.40. The Bertz CT molecular complexity index is 736. The Morgan fingerprint density at radius 3 is 2.05 bits per heavy atom. The highest BCUT2D eigenvalue weighted by Gasteiger charge is 2.11. The summed E-state index contributed by atoms with van der Waals surface area (Å²) < 4.78 is 21.0. The van der Waals surface area contributed by atoms with Crippen LogP contribution in [0.4, 0.5) is 0 Å². The number of benzene rings is 1. The van der Waals surface area contributed by atoms with Crippen LogP contribution in [0.2, 0.25) is 0 Å². The van der Waals surface area contributed by atoms with E-state index in [0.29, 0.717) is 48.8 Å². The molecule has 0 bridgehead atoms. The second kappa shape index (κ2) is 7.62. The SMILES string of the molecule is COCCOc1cc2[nH]c(=O)[nH]c(=O)c2cc1OCCOC. The first kappa shape index (κ1) is 16.1. The number of aromatic amines is 2. The average Bonchev–Trinajstić information content (AvgIpc) is 2.48. The number of hydrogen-bond donors (Lipinski definition) is 2. The van der Waals surface area contributed by atoms with Gasteiger partial charge in [-0.15, -0.1) is 0 Å². The fraction of sp³-hybridized carbons (Fsp3) is 0.429. The predicted molar refractivity (Wildman–Crippen MR) is 79.9 cm³/mol. The number of aromatic nitrogens is 2. The van der Waals surface area contributed by atoms with Gasteiger partial charge in [0.25, 0.3) is 5.56 Å². The second-order valence-electron chi connectivity index (χ2n) is 4.44. The number of H-pyrrole nitrogens is 2. The third-order valence-corrected chi connectivity index (χ3v) is 2.89. The number of methoxy groups -OCH3 is 2. The summed E-state index contributed by atoms with van der Waals surface area (Å²) in [4.78, 5) is 27.9. The molecule has 0 aliphatic carbocycles. The van der Waals surface area contributed by atoms with E-state index in [-0.39, 0.29) is 0 Å². The van der Waals surface area contributed by atoms with E-state index >= 15 is 0 Å². The van der Waals surface area contributed by atoms with Gasteiger partial charge in [0.15, 0.2) is 11.5 Å². The molecule has 1 aromatic carbocycles. The van der Waals surface area contributed by atoms with Crippen LogP contribution in [0.3, 0.4) is 0 Å². The van der Waals surface area contributed by atoms with Gasteiger partial charge < -0.3 is 23.9 Å². The Morgan fingerprint density at radius 2 is 1.45 bits per heavy atom. The molecule has 0 atom stereocenters. The molecule has 0 unspecified atom stereocenters. The predicted octanol–water partition coefficient (Wildman–Crippen LogP) is 0.267. The van der Waals surface area contributed by atoms with E-state index in [9.17, 15) is 9.59 Å². The van der Waals surface area contributed by atoms with Gasteiger partial charge in [0, 0.05) is 20.3 Å². The second-order valence-corrected chi connectivity index (χ2v) is 4.44. The van der Waals surface area contributed by atoms with Crippen molar-refractivity contribution in [2.75, 3.05) is 40.6 Å². The summed E-state index contributed by atoms with van der Waals surface area (Å²) in [5.41, 5.74) is -0.688. The van der Waals surface area contributed by atoms with Crippen molar-refractivity contribution in [2.24, 2.45) is 0 Å². The zero-order chi connectivity index (χ0) is 15.9. The fourth-order valence-electron chi connectivity index (χ4n) is 1.87. The van der Waals surface area contributed by atoms with Crippen molar-refractivity contribution >= 4 is 10.9 Å². The van der Waals surface area contributed by atoms with E-state index in [1.54, 1.807) is 20.3 Å². The van der Waals surface area contributed by atoms with Gasteiger partial charge in [0.1, 0.15) is 13.2 Å². The van der Waals surface area contributed by atoms with Crippen LogP contribution in [0.15, 0.2) is 21.7 Å². The largest absolute Gasteiger partial charge is 0.487 e. The monoisotopic (exact) mass is 310 g/mol. The lowest BCUT2D eigenvalue weighted by Crippen LogP contribution is -2.22. The van der Waals surface area contributed by atoms with Crippen LogP contribution in [0.1, 0.15) is 0 Å². The Kier molecular flexibility index (Phi) is 5.56. The van der Waals surface area contributed by atoms with Crippen molar-refractivity contribution in [2.45, 2.75) is 0 Å². The topological polar surface area (TPSA) is 103 Å². The minimum atomic E-state index is -0.576. The first-order valence-corrected chi connectivity index (χ1v) is 6.69. The lowest BCUT2D eigenvalue weighted by atomic mass is 10.2. The Labute approximate surface area is 126 Å². The molecular weight excluding hydrogens is 292 g/mol. The van der Waals surface area contributed by atoms with Crippen molar-refractivity contribution in [3.05, 3.63) is 33.0 Å². The van der Waals surface area contributed by atoms with Gasteiger partial charge in [-0.1, -0.05) is 0 Å². The highest BCUT2D eigenvalue weighted by atomic mass is 16.5. The van der Waals surface area contributed by atoms with E-state index in [1.165, 1.54) is 6.07 Å². The molecular formula is C14H18N2O6. The van der Waals surface area contributed by atoms with Crippen LogP contribution in [0, 0.1) is 0 Å². The summed E-state index contributed by atoms with van der Waals surface area (Å²) in [6.07, 6.45) is 0. The lowest BCUT2D eigenvalue weighted by molar-refractivity contribution is 0.132. The molecule has 2 rings (SSSR count). The number of rotatable bonds is 8. The summed E-state index contributed by atoms with van der Waals surface area (Å²) in [7, 11) is 3.13. The van der Waals surface area contributed by atoms with Crippen molar-refractivity contribution in [1.29, 1.82) is 0 Å². The van der Waals surface area contributed by atoms with Crippen LogP contribution in [0.25, 0.3) is 10.9 Å². The molecule has 120 valence electrons. The maximum absolute atomic E-state index is 11.8. The van der Waals surface area contributed by atoms with E-state index in [0.717, 1.165) is 0 Å². The molecule has 0 radical (unpaired) electrons. The Hall–Kier alpha value is -2.32. The molecule has 0 spiro atoms. The summed E-state index contributed by atoms with van der Waals surface area (Å²) in [5, 5.41) is 0.311. The first-order chi connectivity index (χ1) is 10.7. The van der Waals surface area contributed by atoms with Crippen LogP contribution < -0.4 is 20.7 Å².